The van der Waals surface area contributed by atoms with Crippen LogP contribution in [0.4, 0.5) is 0 Å². The number of amides is 2. The Morgan fingerprint density at radius 3 is 2.84 bits per heavy atom. The van der Waals surface area contributed by atoms with Crippen LogP contribution in [0.1, 0.15) is 27.2 Å². The van der Waals surface area contributed by atoms with Crippen molar-refractivity contribution in [3.8, 4) is 17.2 Å². The smallest absolute Gasteiger partial charge is 0.258 e. The Morgan fingerprint density at radius 1 is 1.32 bits per heavy atom. The Balaban J connectivity index is 1.46. The van der Waals surface area contributed by atoms with E-state index in [4.69, 9.17) is 14.2 Å². The summed E-state index contributed by atoms with van der Waals surface area (Å²) in [6.07, 6.45) is 0.339. The lowest BCUT2D eigenvalue weighted by molar-refractivity contribution is -0.128. The first-order valence-electron chi connectivity index (χ1n) is 8.40. The van der Waals surface area contributed by atoms with Gasteiger partial charge in [0.25, 0.3) is 5.91 Å². The number of carbonyl (C=O) groups is 2. The van der Waals surface area contributed by atoms with Crippen molar-refractivity contribution < 1.29 is 23.8 Å². The molecule has 2 aliphatic heterocycles. The molecule has 0 aromatic heterocycles. The van der Waals surface area contributed by atoms with Gasteiger partial charge in [0.2, 0.25) is 12.7 Å². The minimum atomic E-state index is -0.243. The van der Waals surface area contributed by atoms with Crippen LogP contribution < -0.4 is 19.5 Å². The summed E-state index contributed by atoms with van der Waals surface area (Å²) in [7, 11) is 0. The van der Waals surface area contributed by atoms with Crippen LogP contribution in [0.5, 0.6) is 17.2 Å². The summed E-state index contributed by atoms with van der Waals surface area (Å²) in [6, 6.07) is 5.00. The van der Waals surface area contributed by atoms with E-state index in [1.165, 1.54) is 0 Å². The molecule has 1 fully saturated rings. The van der Waals surface area contributed by atoms with Crippen molar-refractivity contribution in [1.82, 2.24) is 10.2 Å². The lowest BCUT2D eigenvalue weighted by Crippen LogP contribution is -2.40. The third kappa shape index (κ3) is 4.55. The van der Waals surface area contributed by atoms with Gasteiger partial charge in [-0.1, -0.05) is 20.8 Å². The molecule has 7 nitrogen and oxygen atoms in total. The maximum Gasteiger partial charge on any atom is 0.258 e. The zero-order valence-corrected chi connectivity index (χ0v) is 14.8. The van der Waals surface area contributed by atoms with Gasteiger partial charge in [0.05, 0.1) is 6.04 Å². The van der Waals surface area contributed by atoms with Crippen LogP contribution in [0.2, 0.25) is 0 Å². The summed E-state index contributed by atoms with van der Waals surface area (Å²) in [5.74, 6) is 1.65. The number of rotatable bonds is 5. The van der Waals surface area contributed by atoms with Crippen LogP contribution in [0.3, 0.4) is 0 Å². The molecule has 2 heterocycles. The van der Waals surface area contributed by atoms with Gasteiger partial charge in [0.15, 0.2) is 18.1 Å². The third-order valence-electron chi connectivity index (χ3n) is 3.96. The number of hydrogen-bond acceptors (Lipinski definition) is 5. The summed E-state index contributed by atoms with van der Waals surface area (Å²) >= 11 is 0. The number of hydrogen-bond donors (Lipinski definition) is 1. The zero-order chi connectivity index (χ0) is 18.0. The van der Waals surface area contributed by atoms with E-state index in [1.54, 1.807) is 18.2 Å². The Labute approximate surface area is 147 Å². The monoisotopic (exact) mass is 348 g/mol. The molecule has 0 saturated carbocycles. The first-order valence-corrected chi connectivity index (χ1v) is 8.40. The summed E-state index contributed by atoms with van der Waals surface area (Å²) < 4.78 is 16.0. The molecule has 0 radical (unpaired) electrons. The van der Waals surface area contributed by atoms with Gasteiger partial charge in [-0.15, -0.1) is 0 Å². The second-order valence-corrected chi connectivity index (χ2v) is 7.61. The van der Waals surface area contributed by atoms with Crippen molar-refractivity contribution in [2.75, 3.05) is 26.5 Å². The average Bonchev–Trinajstić information content (AvgIpc) is 3.10. The van der Waals surface area contributed by atoms with Crippen molar-refractivity contribution in [1.29, 1.82) is 0 Å². The number of carbonyl (C=O) groups excluding carboxylic acids is 2. The molecule has 1 atom stereocenters. The maximum atomic E-state index is 12.1. The highest BCUT2D eigenvalue weighted by Gasteiger charge is 2.32. The molecule has 0 spiro atoms. The number of fused-ring (bicyclic) bond motifs is 1. The number of nitrogens with zero attached hydrogens (tertiary/aromatic N) is 1. The van der Waals surface area contributed by atoms with Crippen molar-refractivity contribution in [3.05, 3.63) is 18.2 Å². The van der Waals surface area contributed by atoms with Crippen molar-refractivity contribution in [3.63, 3.8) is 0 Å². The highest BCUT2D eigenvalue weighted by atomic mass is 16.7. The summed E-state index contributed by atoms with van der Waals surface area (Å²) in [5, 5.41) is 2.87. The van der Waals surface area contributed by atoms with Crippen LogP contribution in [-0.4, -0.2) is 49.2 Å². The van der Waals surface area contributed by atoms with Gasteiger partial charge in [-0.3, -0.25) is 9.59 Å². The van der Waals surface area contributed by atoms with E-state index in [0.29, 0.717) is 36.8 Å². The zero-order valence-electron chi connectivity index (χ0n) is 14.8. The maximum absolute atomic E-state index is 12.1. The van der Waals surface area contributed by atoms with Gasteiger partial charge in [0.1, 0.15) is 5.75 Å². The highest BCUT2D eigenvalue weighted by molar-refractivity contribution is 5.82. The predicted octanol–water partition coefficient (Wildman–Crippen LogP) is 1.56. The fraction of sp³-hybridized carbons (Fsp3) is 0.556. The van der Waals surface area contributed by atoms with Crippen LogP contribution in [-0.2, 0) is 9.59 Å². The van der Waals surface area contributed by atoms with Crippen LogP contribution >= 0.6 is 0 Å². The SMILES string of the molecule is CC(C)(C)CN1C[C@H](NC(=O)COc2ccc3c(c2)OCO3)CC1=O. The number of likely N-dealkylation sites (tertiary alicyclic amines) is 1. The van der Waals surface area contributed by atoms with E-state index in [2.05, 4.69) is 26.1 Å². The molecule has 1 saturated heterocycles. The van der Waals surface area contributed by atoms with Crippen LogP contribution in [0.25, 0.3) is 0 Å². The average molecular weight is 348 g/mol. The second-order valence-electron chi connectivity index (χ2n) is 7.61. The normalized spacial score (nSPS) is 19.2. The van der Waals surface area contributed by atoms with Crippen molar-refractivity contribution >= 4 is 11.8 Å². The standard InChI is InChI=1S/C18H24N2O5/c1-18(2,3)10-20-8-12(6-17(20)22)19-16(21)9-23-13-4-5-14-15(7-13)25-11-24-14/h4-5,7,12H,6,8-11H2,1-3H3,(H,19,21)/t12-/m1/s1. The van der Waals surface area contributed by atoms with Crippen LogP contribution in [0.15, 0.2) is 18.2 Å². The van der Waals surface area contributed by atoms with Gasteiger partial charge in [-0.25, -0.2) is 0 Å². The molecule has 2 aliphatic rings. The van der Waals surface area contributed by atoms with E-state index in [1.807, 2.05) is 4.90 Å². The Hall–Kier alpha value is -2.44. The molecule has 2 amide bonds. The van der Waals surface area contributed by atoms with E-state index in [0.717, 1.165) is 0 Å². The quantitative estimate of drug-likeness (QED) is 0.874. The molecular weight excluding hydrogens is 324 g/mol. The number of benzene rings is 1. The molecule has 136 valence electrons. The molecule has 0 unspecified atom stereocenters. The fourth-order valence-electron chi connectivity index (χ4n) is 2.98. The van der Waals surface area contributed by atoms with E-state index in [9.17, 15) is 9.59 Å². The van der Waals surface area contributed by atoms with Gasteiger partial charge >= 0.3 is 0 Å². The minimum absolute atomic E-state index is 0.0387. The van der Waals surface area contributed by atoms with E-state index in [-0.39, 0.29) is 36.7 Å². The first-order chi connectivity index (χ1) is 11.8. The Kier molecular flexibility index (Phi) is 4.74. The van der Waals surface area contributed by atoms with Crippen molar-refractivity contribution in [2.45, 2.75) is 33.2 Å². The third-order valence-corrected chi connectivity index (χ3v) is 3.96. The highest BCUT2D eigenvalue weighted by Crippen LogP contribution is 2.35. The lowest BCUT2D eigenvalue weighted by Gasteiger charge is -2.26. The van der Waals surface area contributed by atoms with Crippen molar-refractivity contribution in [2.24, 2.45) is 5.41 Å². The Bertz CT molecular complexity index is 668. The molecule has 1 aromatic rings. The molecule has 0 bridgehead atoms. The molecule has 1 aromatic carbocycles. The minimum Gasteiger partial charge on any atom is -0.484 e. The summed E-state index contributed by atoms with van der Waals surface area (Å²) in [5.41, 5.74) is 0.0387. The largest absolute Gasteiger partial charge is 0.484 e. The van der Waals surface area contributed by atoms with Gasteiger partial charge in [0, 0.05) is 25.6 Å². The molecule has 3 rings (SSSR count). The number of ether oxygens (including phenoxy) is 3. The lowest BCUT2D eigenvalue weighted by atomic mass is 9.96. The molecule has 0 aliphatic carbocycles. The molecule has 1 N–H and O–H groups in total. The topological polar surface area (TPSA) is 77.1 Å². The molecular formula is C18H24N2O5. The van der Waals surface area contributed by atoms with E-state index >= 15 is 0 Å². The summed E-state index contributed by atoms with van der Waals surface area (Å²) in [6.45, 7) is 7.59. The first kappa shape index (κ1) is 17.4. The Morgan fingerprint density at radius 2 is 2.08 bits per heavy atom. The van der Waals surface area contributed by atoms with E-state index < -0.39 is 0 Å². The summed E-state index contributed by atoms with van der Waals surface area (Å²) in [4.78, 5) is 25.9. The molecule has 7 heteroatoms. The van der Waals surface area contributed by atoms with Crippen LogP contribution in [0, 0.1) is 5.41 Å². The molecule has 25 heavy (non-hydrogen) atoms. The predicted molar refractivity (Wildman–Crippen MR) is 90.6 cm³/mol. The van der Waals surface area contributed by atoms with Gasteiger partial charge < -0.3 is 24.4 Å². The second kappa shape index (κ2) is 6.82. The fourth-order valence-corrected chi connectivity index (χ4v) is 2.98. The van der Waals surface area contributed by atoms with Gasteiger partial charge in [-0.05, 0) is 17.5 Å². The van der Waals surface area contributed by atoms with Gasteiger partial charge in [-0.2, -0.15) is 0 Å². The number of nitrogens with one attached hydrogen (secondary N) is 1.